The van der Waals surface area contributed by atoms with Crippen LogP contribution in [0.1, 0.15) is 13.8 Å². The molecule has 1 aromatic rings. The van der Waals surface area contributed by atoms with E-state index in [4.69, 9.17) is 0 Å². The Bertz CT molecular complexity index is 839. The molecule has 0 spiro atoms. The van der Waals surface area contributed by atoms with E-state index < -0.39 is 10.0 Å². The van der Waals surface area contributed by atoms with Crippen LogP contribution >= 0.6 is 0 Å². The molecule has 1 amide bonds. The molecule has 0 bridgehead atoms. The SMILES string of the molecule is CC(C)N(C(=O)C1=CC=CN2CCS(=O)(=O)N=C12)c1ccccc1. The molecule has 2 aliphatic rings. The van der Waals surface area contributed by atoms with E-state index in [0.717, 1.165) is 5.69 Å². The lowest BCUT2D eigenvalue weighted by atomic mass is 10.1. The molecular formula is C17H19N3O3S. The van der Waals surface area contributed by atoms with E-state index in [2.05, 4.69) is 4.40 Å². The van der Waals surface area contributed by atoms with Gasteiger partial charge in [-0.25, -0.2) is 8.42 Å². The van der Waals surface area contributed by atoms with Crippen molar-refractivity contribution in [1.82, 2.24) is 4.90 Å². The molecule has 0 radical (unpaired) electrons. The van der Waals surface area contributed by atoms with Crippen LogP contribution in [-0.2, 0) is 14.8 Å². The summed E-state index contributed by atoms with van der Waals surface area (Å²) in [5, 5.41) is 0. The average molecular weight is 345 g/mol. The second kappa shape index (κ2) is 6.24. The van der Waals surface area contributed by atoms with Gasteiger partial charge in [0.25, 0.3) is 15.9 Å². The third-order valence-electron chi connectivity index (χ3n) is 3.86. The predicted molar refractivity (Wildman–Crippen MR) is 94.2 cm³/mol. The molecule has 2 heterocycles. The van der Waals surface area contributed by atoms with Crippen LogP contribution in [0.2, 0.25) is 0 Å². The van der Waals surface area contributed by atoms with Gasteiger partial charge in [0.15, 0.2) is 5.84 Å². The van der Waals surface area contributed by atoms with Crippen LogP contribution in [0.25, 0.3) is 0 Å². The highest BCUT2D eigenvalue weighted by molar-refractivity contribution is 7.90. The highest BCUT2D eigenvalue weighted by atomic mass is 32.2. The number of para-hydroxylation sites is 1. The van der Waals surface area contributed by atoms with Gasteiger partial charge in [0.05, 0.1) is 11.3 Å². The number of allylic oxidation sites excluding steroid dienone is 2. The van der Waals surface area contributed by atoms with Gasteiger partial charge in [0, 0.05) is 24.5 Å². The van der Waals surface area contributed by atoms with E-state index in [1.165, 1.54) is 0 Å². The third-order valence-corrected chi connectivity index (χ3v) is 5.01. The Morgan fingerprint density at radius 1 is 1.25 bits per heavy atom. The van der Waals surface area contributed by atoms with Crippen LogP contribution < -0.4 is 4.90 Å². The lowest BCUT2D eigenvalue weighted by Gasteiger charge is -2.33. The molecule has 0 saturated heterocycles. The summed E-state index contributed by atoms with van der Waals surface area (Å²) >= 11 is 0. The number of hydrogen-bond acceptors (Lipinski definition) is 4. The Morgan fingerprint density at radius 3 is 2.62 bits per heavy atom. The van der Waals surface area contributed by atoms with Crippen LogP contribution in [0.5, 0.6) is 0 Å². The minimum Gasteiger partial charge on any atom is -0.331 e. The molecular weight excluding hydrogens is 326 g/mol. The van der Waals surface area contributed by atoms with Crippen molar-refractivity contribution in [3.05, 3.63) is 54.3 Å². The zero-order chi connectivity index (χ0) is 17.3. The zero-order valence-corrected chi connectivity index (χ0v) is 14.4. The fourth-order valence-corrected chi connectivity index (χ4v) is 3.74. The number of sulfonamides is 1. The fraction of sp³-hybridized carbons (Fsp3) is 0.294. The smallest absolute Gasteiger partial charge is 0.262 e. The average Bonchev–Trinajstić information content (AvgIpc) is 2.54. The molecule has 1 aromatic carbocycles. The number of nitrogens with zero attached hydrogens (tertiary/aromatic N) is 3. The number of carbonyl (C=O) groups excluding carboxylic acids is 1. The summed E-state index contributed by atoms with van der Waals surface area (Å²) in [6.07, 6.45) is 5.11. The maximum absolute atomic E-state index is 13.1. The van der Waals surface area contributed by atoms with Gasteiger partial charge in [0.2, 0.25) is 0 Å². The first-order chi connectivity index (χ1) is 11.4. The van der Waals surface area contributed by atoms with E-state index >= 15 is 0 Å². The Balaban J connectivity index is 2.03. The molecule has 24 heavy (non-hydrogen) atoms. The first-order valence-electron chi connectivity index (χ1n) is 7.76. The molecule has 0 saturated carbocycles. The van der Waals surface area contributed by atoms with Crippen molar-refractivity contribution in [2.45, 2.75) is 19.9 Å². The van der Waals surface area contributed by atoms with Crippen LogP contribution in [0.3, 0.4) is 0 Å². The molecule has 6 nitrogen and oxygen atoms in total. The summed E-state index contributed by atoms with van der Waals surface area (Å²) in [7, 11) is -3.53. The number of carbonyl (C=O) groups is 1. The fourth-order valence-electron chi connectivity index (χ4n) is 2.75. The summed E-state index contributed by atoms with van der Waals surface area (Å²) in [5.41, 5.74) is 1.05. The molecule has 0 atom stereocenters. The Hall–Kier alpha value is -2.41. The maximum Gasteiger partial charge on any atom is 0.262 e. The van der Waals surface area contributed by atoms with Gasteiger partial charge in [0.1, 0.15) is 0 Å². The van der Waals surface area contributed by atoms with E-state index in [1.807, 2.05) is 44.2 Å². The van der Waals surface area contributed by atoms with Crippen molar-refractivity contribution in [1.29, 1.82) is 0 Å². The largest absolute Gasteiger partial charge is 0.331 e. The van der Waals surface area contributed by atoms with Crippen molar-refractivity contribution >= 4 is 27.5 Å². The third kappa shape index (κ3) is 3.12. The minimum atomic E-state index is -3.53. The number of benzene rings is 1. The lowest BCUT2D eigenvalue weighted by Crippen LogP contribution is -2.45. The van der Waals surface area contributed by atoms with Crippen molar-refractivity contribution in [2.24, 2.45) is 4.40 Å². The molecule has 0 aliphatic carbocycles. The standard InChI is InChI=1S/C17H19N3O3S/c1-13(2)20(14-7-4-3-5-8-14)17(21)15-9-6-10-19-11-12-24(22,23)18-16(15)19/h3-10,13H,11-12H2,1-2H3. The number of rotatable bonds is 3. The number of fused-ring (bicyclic) bond motifs is 1. The van der Waals surface area contributed by atoms with Crippen molar-refractivity contribution < 1.29 is 13.2 Å². The number of anilines is 1. The van der Waals surface area contributed by atoms with Crippen molar-refractivity contribution in [3.8, 4) is 0 Å². The van der Waals surface area contributed by atoms with Crippen LogP contribution in [0.4, 0.5) is 5.69 Å². The summed E-state index contributed by atoms with van der Waals surface area (Å²) in [5.74, 6) is -0.105. The number of hydrogen-bond donors (Lipinski definition) is 0. The van der Waals surface area contributed by atoms with Gasteiger partial charge >= 0.3 is 0 Å². The van der Waals surface area contributed by atoms with Gasteiger partial charge in [-0.15, -0.1) is 4.40 Å². The van der Waals surface area contributed by atoms with Gasteiger partial charge in [-0.1, -0.05) is 18.2 Å². The monoisotopic (exact) mass is 345 g/mol. The summed E-state index contributed by atoms with van der Waals surface area (Å²) in [4.78, 5) is 16.5. The van der Waals surface area contributed by atoms with E-state index in [9.17, 15) is 13.2 Å². The van der Waals surface area contributed by atoms with E-state index in [0.29, 0.717) is 12.1 Å². The van der Waals surface area contributed by atoms with Crippen molar-refractivity contribution in [2.75, 3.05) is 17.2 Å². The summed E-state index contributed by atoms with van der Waals surface area (Å²) in [6, 6.07) is 9.24. The maximum atomic E-state index is 13.1. The van der Waals surface area contributed by atoms with Crippen LogP contribution in [0.15, 0.2) is 58.7 Å². The zero-order valence-electron chi connectivity index (χ0n) is 13.6. The van der Waals surface area contributed by atoms with Gasteiger partial charge in [-0.3, -0.25) is 4.79 Å². The minimum absolute atomic E-state index is 0.0467. The normalized spacial score (nSPS) is 18.7. The molecule has 2 aliphatic heterocycles. The molecule has 0 N–H and O–H groups in total. The topological polar surface area (TPSA) is 70.1 Å². The lowest BCUT2D eigenvalue weighted by molar-refractivity contribution is -0.115. The second-order valence-corrected chi connectivity index (χ2v) is 7.68. The van der Waals surface area contributed by atoms with E-state index in [1.54, 1.807) is 28.2 Å². The summed E-state index contributed by atoms with van der Waals surface area (Å²) < 4.78 is 27.5. The molecule has 7 heteroatoms. The Labute approximate surface area is 141 Å². The van der Waals surface area contributed by atoms with Gasteiger partial charge in [-0.2, -0.15) is 0 Å². The van der Waals surface area contributed by atoms with Crippen LogP contribution in [-0.4, -0.2) is 43.4 Å². The summed E-state index contributed by atoms with van der Waals surface area (Å²) in [6.45, 7) is 4.14. The van der Waals surface area contributed by atoms with Crippen LogP contribution in [0, 0.1) is 0 Å². The second-order valence-electron chi connectivity index (χ2n) is 5.92. The molecule has 126 valence electrons. The highest BCUT2D eigenvalue weighted by Crippen LogP contribution is 2.24. The molecule has 0 aromatic heterocycles. The number of amides is 1. The van der Waals surface area contributed by atoms with Crippen molar-refractivity contribution in [3.63, 3.8) is 0 Å². The Morgan fingerprint density at radius 2 is 1.96 bits per heavy atom. The predicted octanol–water partition coefficient (Wildman–Crippen LogP) is 1.93. The molecule has 0 unspecified atom stereocenters. The Kier molecular flexibility index (Phi) is 4.28. The number of amidine groups is 1. The highest BCUT2D eigenvalue weighted by Gasteiger charge is 2.33. The first-order valence-corrected chi connectivity index (χ1v) is 9.37. The first kappa shape index (κ1) is 16.4. The molecule has 3 rings (SSSR count). The quantitative estimate of drug-likeness (QED) is 0.839. The van der Waals surface area contributed by atoms with Gasteiger partial charge < -0.3 is 9.80 Å². The molecule has 0 fully saturated rings. The van der Waals surface area contributed by atoms with E-state index in [-0.39, 0.29) is 23.5 Å². The van der Waals surface area contributed by atoms with Gasteiger partial charge in [-0.05, 0) is 38.1 Å².